The van der Waals surface area contributed by atoms with Gasteiger partial charge in [-0.3, -0.25) is 4.90 Å². The summed E-state index contributed by atoms with van der Waals surface area (Å²) in [7, 11) is 1.78. The Morgan fingerprint density at radius 3 is 2.54 bits per heavy atom. The first-order chi connectivity index (χ1) is 17.1. The second kappa shape index (κ2) is 10.7. The van der Waals surface area contributed by atoms with E-state index in [1.54, 1.807) is 18.3 Å². The van der Waals surface area contributed by atoms with Gasteiger partial charge in [0.25, 0.3) is 0 Å². The van der Waals surface area contributed by atoms with E-state index in [0.29, 0.717) is 11.8 Å². The van der Waals surface area contributed by atoms with Gasteiger partial charge in [0.1, 0.15) is 5.75 Å². The molecule has 3 nitrogen and oxygen atoms in total. The van der Waals surface area contributed by atoms with Crippen molar-refractivity contribution in [1.29, 1.82) is 0 Å². The van der Waals surface area contributed by atoms with E-state index >= 15 is 0 Å². The third kappa shape index (κ3) is 5.27. The Bertz CT molecular complexity index is 1110. The molecule has 2 aliphatic carbocycles. The molecule has 0 bridgehead atoms. The number of ether oxygens (including phenoxy) is 1. The number of piperazine rings is 1. The van der Waals surface area contributed by atoms with Gasteiger partial charge in [0.15, 0.2) is 0 Å². The van der Waals surface area contributed by atoms with Gasteiger partial charge >= 0.3 is 0 Å². The van der Waals surface area contributed by atoms with Crippen molar-refractivity contribution in [3.63, 3.8) is 0 Å². The van der Waals surface area contributed by atoms with Gasteiger partial charge in [0, 0.05) is 39.3 Å². The van der Waals surface area contributed by atoms with E-state index in [2.05, 4.69) is 79.1 Å². The van der Waals surface area contributed by atoms with Crippen LogP contribution >= 0.6 is 0 Å². The van der Waals surface area contributed by atoms with Crippen molar-refractivity contribution in [2.75, 3.05) is 46.4 Å². The molecule has 0 saturated carbocycles. The molecule has 1 saturated heterocycles. The first-order valence-corrected chi connectivity index (χ1v) is 13.6. The van der Waals surface area contributed by atoms with E-state index in [4.69, 9.17) is 4.74 Å². The number of hydrogen-bond donors (Lipinski definition) is 0. The standard InChI is InChI=1S/C32H42N2O/c1-5-29-30(13-12-28-20-32(35-4)23(2)18-31(28)29)24(3)21-33-14-16-34(17-15-33)22-25-10-11-26-8-6-7-9-27(26)19-25/h5-9,18-20,24,30H,10-17,21-22H2,1-4H3/b29-5+. The average Bonchev–Trinajstić information content (AvgIpc) is 2.88. The summed E-state index contributed by atoms with van der Waals surface area (Å²) in [4.78, 5) is 5.39. The van der Waals surface area contributed by atoms with Crippen LogP contribution in [-0.2, 0) is 12.8 Å². The van der Waals surface area contributed by atoms with Crippen LogP contribution in [0.3, 0.4) is 0 Å². The van der Waals surface area contributed by atoms with Crippen molar-refractivity contribution >= 4 is 11.6 Å². The molecule has 5 rings (SSSR count). The van der Waals surface area contributed by atoms with Crippen LogP contribution in [0.5, 0.6) is 5.75 Å². The van der Waals surface area contributed by atoms with E-state index in [0.717, 1.165) is 18.7 Å². The molecule has 2 unspecified atom stereocenters. The van der Waals surface area contributed by atoms with E-state index in [-0.39, 0.29) is 0 Å². The minimum atomic E-state index is 0.644. The second-order valence-electron chi connectivity index (χ2n) is 10.9. The van der Waals surface area contributed by atoms with Gasteiger partial charge < -0.3 is 9.64 Å². The molecule has 0 amide bonds. The molecule has 0 N–H and O–H groups in total. The lowest BCUT2D eigenvalue weighted by molar-refractivity contribution is 0.119. The molecule has 186 valence electrons. The van der Waals surface area contributed by atoms with Crippen LogP contribution in [0.1, 0.15) is 54.5 Å². The Kier molecular flexibility index (Phi) is 7.45. The van der Waals surface area contributed by atoms with Gasteiger partial charge in [-0.25, -0.2) is 0 Å². The zero-order valence-electron chi connectivity index (χ0n) is 22.1. The molecule has 1 aliphatic heterocycles. The van der Waals surface area contributed by atoms with Crippen molar-refractivity contribution < 1.29 is 4.74 Å². The van der Waals surface area contributed by atoms with Gasteiger partial charge in [-0.05, 0) is 96.9 Å². The van der Waals surface area contributed by atoms with Crippen molar-refractivity contribution in [3.8, 4) is 5.75 Å². The number of hydrogen-bond acceptors (Lipinski definition) is 3. The van der Waals surface area contributed by atoms with Gasteiger partial charge in [-0.2, -0.15) is 0 Å². The number of benzene rings is 2. The minimum Gasteiger partial charge on any atom is -0.496 e. The average molecular weight is 471 g/mol. The molecule has 2 atom stereocenters. The fourth-order valence-corrected chi connectivity index (χ4v) is 6.62. The zero-order chi connectivity index (χ0) is 24.4. The molecular formula is C32H42N2O. The highest BCUT2D eigenvalue weighted by atomic mass is 16.5. The molecule has 2 aromatic rings. The summed E-state index contributed by atoms with van der Waals surface area (Å²) < 4.78 is 5.59. The monoisotopic (exact) mass is 470 g/mol. The van der Waals surface area contributed by atoms with Crippen molar-refractivity contribution in [2.24, 2.45) is 11.8 Å². The molecule has 0 radical (unpaired) electrons. The molecule has 1 heterocycles. The lowest BCUT2D eigenvalue weighted by atomic mass is 9.73. The van der Waals surface area contributed by atoms with Crippen LogP contribution in [-0.4, -0.2) is 56.2 Å². The molecular weight excluding hydrogens is 428 g/mol. The number of aryl methyl sites for hydroxylation is 3. The summed E-state index contributed by atoms with van der Waals surface area (Å²) in [5, 5.41) is 0. The third-order valence-electron chi connectivity index (χ3n) is 8.62. The van der Waals surface area contributed by atoms with Gasteiger partial charge in [-0.1, -0.05) is 48.9 Å². The number of rotatable bonds is 6. The highest BCUT2D eigenvalue weighted by molar-refractivity contribution is 5.73. The number of allylic oxidation sites excluding steroid dienone is 2. The molecule has 3 aliphatic rings. The van der Waals surface area contributed by atoms with Crippen LogP contribution in [0.4, 0.5) is 0 Å². The van der Waals surface area contributed by atoms with Crippen molar-refractivity contribution in [1.82, 2.24) is 9.80 Å². The van der Waals surface area contributed by atoms with Crippen molar-refractivity contribution in [2.45, 2.75) is 46.5 Å². The summed E-state index contributed by atoms with van der Waals surface area (Å²) in [6.45, 7) is 14.0. The second-order valence-corrected chi connectivity index (χ2v) is 10.9. The van der Waals surface area contributed by atoms with E-state index in [1.165, 1.54) is 79.8 Å². The minimum absolute atomic E-state index is 0.644. The van der Waals surface area contributed by atoms with Crippen LogP contribution in [0.25, 0.3) is 11.6 Å². The Hall–Kier alpha value is -2.36. The first-order valence-electron chi connectivity index (χ1n) is 13.6. The topological polar surface area (TPSA) is 15.7 Å². The predicted octanol–water partition coefficient (Wildman–Crippen LogP) is 6.25. The van der Waals surface area contributed by atoms with Gasteiger partial charge in [-0.15, -0.1) is 0 Å². The summed E-state index contributed by atoms with van der Waals surface area (Å²) >= 11 is 0. The zero-order valence-corrected chi connectivity index (χ0v) is 22.1. The maximum absolute atomic E-state index is 5.59. The molecule has 2 aromatic carbocycles. The smallest absolute Gasteiger partial charge is 0.122 e. The van der Waals surface area contributed by atoms with E-state index in [1.807, 2.05) is 0 Å². The summed E-state index contributed by atoms with van der Waals surface area (Å²) in [5.41, 5.74) is 10.3. The summed E-state index contributed by atoms with van der Waals surface area (Å²) in [6, 6.07) is 13.5. The van der Waals surface area contributed by atoms with Crippen LogP contribution in [0.2, 0.25) is 0 Å². The van der Waals surface area contributed by atoms with Crippen LogP contribution < -0.4 is 4.74 Å². The molecule has 1 fully saturated rings. The SMILES string of the molecule is C/C=C1/c2cc(C)c(OC)cc2CCC1C(C)CN1CCN(CC2=Cc3ccccc3CC2)CC1. The molecule has 0 spiro atoms. The third-order valence-corrected chi connectivity index (χ3v) is 8.62. The highest BCUT2D eigenvalue weighted by Crippen LogP contribution is 2.42. The van der Waals surface area contributed by atoms with E-state index in [9.17, 15) is 0 Å². The molecule has 35 heavy (non-hydrogen) atoms. The van der Waals surface area contributed by atoms with Gasteiger partial charge in [0.05, 0.1) is 7.11 Å². The molecule has 3 heteroatoms. The van der Waals surface area contributed by atoms with Crippen molar-refractivity contribution in [3.05, 3.63) is 75.9 Å². The quantitative estimate of drug-likeness (QED) is 0.496. The number of nitrogens with zero attached hydrogens (tertiary/aromatic N) is 2. The lowest BCUT2D eigenvalue weighted by Crippen LogP contribution is -2.48. The maximum Gasteiger partial charge on any atom is 0.122 e. The highest BCUT2D eigenvalue weighted by Gasteiger charge is 2.30. The van der Waals surface area contributed by atoms with Crippen LogP contribution in [0, 0.1) is 18.8 Å². The normalized spacial score (nSPS) is 22.9. The Morgan fingerprint density at radius 1 is 1.00 bits per heavy atom. The maximum atomic E-state index is 5.59. The Morgan fingerprint density at radius 2 is 1.77 bits per heavy atom. The Balaban J connectivity index is 1.16. The number of fused-ring (bicyclic) bond motifs is 2. The largest absolute Gasteiger partial charge is 0.496 e. The first kappa shape index (κ1) is 24.3. The molecule has 0 aromatic heterocycles. The predicted molar refractivity (Wildman–Crippen MR) is 148 cm³/mol. The van der Waals surface area contributed by atoms with E-state index < -0.39 is 0 Å². The lowest BCUT2D eigenvalue weighted by Gasteiger charge is -2.39. The Labute approximate surface area is 212 Å². The summed E-state index contributed by atoms with van der Waals surface area (Å²) in [6.07, 6.45) is 9.64. The number of methoxy groups -OCH3 is 1. The van der Waals surface area contributed by atoms with Gasteiger partial charge in [0.2, 0.25) is 0 Å². The fraction of sp³-hybridized carbons (Fsp3) is 0.500. The summed E-state index contributed by atoms with van der Waals surface area (Å²) in [5.74, 6) is 2.34. The van der Waals surface area contributed by atoms with Crippen LogP contribution in [0.15, 0.2) is 48.0 Å². The fourth-order valence-electron chi connectivity index (χ4n) is 6.62.